The van der Waals surface area contributed by atoms with E-state index in [1.165, 1.54) is 5.56 Å². The van der Waals surface area contributed by atoms with Gasteiger partial charge in [0.25, 0.3) is 0 Å². The Hall–Kier alpha value is -3.32. The number of methoxy groups -OCH3 is 2. The average molecular weight is 387 g/mol. The van der Waals surface area contributed by atoms with Crippen LogP contribution in [0.3, 0.4) is 0 Å². The van der Waals surface area contributed by atoms with E-state index < -0.39 is 17.5 Å². The fraction of sp³-hybridized carbons (Fsp3) is 0.238. The molecule has 2 aromatic rings. The van der Waals surface area contributed by atoms with Crippen molar-refractivity contribution in [3.05, 3.63) is 71.8 Å². The number of aliphatic carboxylic acids is 2. The van der Waals surface area contributed by atoms with Gasteiger partial charge in [-0.15, -0.1) is 0 Å². The third-order valence-corrected chi connectivity index (χ3v) is 3.83. The molecule has 0 saturated carbocycles. The predicted octanol–water partition coefficient (Wildman–Crippen LogP) is 2.83. The molecule has 0 aliphatic carbocycles. The number of benzene rings is 2. The van der Waals surface area contributed by atoms with Crippen molar-refractivity contribution in [1.82, 2.24) is 0 Å². The zero-order valence-corrected chi connectivity index (χ0v) is 16.1. The quantitative estimate of drug-likeness (QED) is 0.625. The van der Waals surface area contributed by atoms with Gasteiger partial charge in [-0.25, -0.2) is 9.59 Å². The molecule has 0 amide bonds. The van der Waals surface area contributed by atoms with Crippen molar-refractivity contribution >= 4 is 11.9 Å². The van der Waals surface area contributed by atoms with Gasteiger partial charge < -0.3 is 25.4 Å². The summed E-state index contributed by atoms with van der Waals surface area (Å²) >= 11 is 0. The lowest BCUT2D eigenvalue weighted by atomic mass is 9.86. The molecule has 0 aliphatic heterocycles. The van der Waals surface area contributed by atoms with E-state index in [1.807, 2.05) is 43.3 Å². The number of nitrogens with two attached hydrogens (primary N) is 1. The fourth-order valence-electron chi connectivity index (χ4n) is 2.46. The van der Waals surface area contributed by atoms with E-state index in [0.29, 0.717) is 23.7 Å². The first-order valence-corrected chi connectivity index (χ1v) is 8.39. The van der Waals surface area contributed by atoms with Gasteiger partial charge in [0.05, 0.1) is 14.2 Å². The summed E-state index contributed by atoms with van der Waals surface area (Å²) in [5.41, 5.74) is 8.27. The fourth-order valence-corrected chi connectivity index (χ4v) is 2.46. The van der Waals surface area contributed by atoms with Gasteiger partial charge in [0, 0.05) is 17.7 Å². The molecule has 0 aliphatic rings. The number of hydrogen-bond acceptors (Lipinski definition) is 5. The normalized spacial score (nSPS) is 12.4. The van der Waals surface area contributed by atoms with E-state index in [9.17, 15) is 9.59 Å². The summed E-state index contributed by atoms with van der Waals surface area (Å²) in [6.45, 7) is 2.03. The van der Waals surface area contributed by atoms with Crippen LogP contribution in [0.4, 0.5) is 0 Å². The van der Waals surface area contributed by atoms with Crippen LogP contribution < -0.4 is 15.2 Å². The topological polar surface area (TPSA) is 119 Å². The zero-order chi connectivity index (χ0) is 21.2. The maximum absolute atomic E-state index is 9.55. The largest absolute Gasteiger partial charge is 0.493 e. The van der Waals surface area contributed by atoms with Crippen LogP contribution in [0.25, 0.3) is 0 Å². The third-order valence-electron chi connectivity index (χ3n) is 3.83. The first-order chi connectivity index (χ1) is 13.2. The molecular formula is C21H25NO6. The lowest BCUT2D eigenvalue weighted by Gasteiger charge is -2.26. The summed E-state index contributed by atoms with van der Waals surface area (Å²) in [5, 5.41) is 15.6. The maximum Gasteiger partial charge on any atom is 0.328 e. The van der Waals surface area contributed by atoms with E-state index in [0.717, 1.165) is 12.0 Å². The molecule has 28 heavy (non-hydrogen) atoms. The molecule has 0 saturated heterocycles. The number of ether oxygens (including phenoxy) is 2. The molecule has 0 aromatic heterocycles. The van der Waals surface area contributed by atoms with E-state index in [-0.39, 0.29) is 0 Å². The van der Waals surface area contributed by atoms with Crippen molar-refractivity contribution in [2.45, 2.75) is 18.9 Å². The van der Waals surface area contributed by atoms with E-state index in [4.69, 9.17) is 25.4 Å². The Bertz CT molecular complexity index is 799. The first kappa shape index (κ1) is 22.7. The van der Waals surface area contributed by atoms with Gasteiger partial charge in [-0.1, -0.05) is 36.4 Å². The van der Waals surface area contributed by atoms with E-state index >= 15 is 0 Å². The second kappa shape index (κ2) is 10.7. The van der Waals surface area contributed by atoms with Crippen molar-refractivity contribution < 1.29 is 29.3 Å². The molecule has 0 bridgehead atoms. The van der Waals surface area contributed by atoms with Crippen LogP contribution in [0.15, 0.2) is 60.7 Å². The van der Waals surface area contributed by atoms with Crippen molar-refractivity contribution in [2.24, 2.45) is 5.73 Å². The molecule has 2 aromatic carbocycles. The molecule has 7 nitrogen and oxygen atoms in total. The van der Waals surface area contributed by atoms with Gasteiger partial charge in [0.2, 0.25) is 0 Å². The minimum atomic E-state index is -1.26. The molecule has 2 rings (SSSR count). The second-order valence-corrected chi connectivity index (χ2v) is 6.16. The number of carboxylic acid groups (broad SMARTS) is 2. The third kappa shape index (κ3) is 7.51. The highest BCUT2D eigenvalue weighted by atomic mass is 16.5. The van der Waals surface area contributed by atoms with Gasteiger partial charge in [-0.05, 0) is 36.6 Å². The molecule has 0 fully saturated rings. The molecule has 150 valence electrons. The lowest BCUT2D eigenvalue weighted by Crippen LogP contribution is -2.35. The van der Waals surface area contributed by atoms with Gasteiger partial charge in [0.1, 0.15) is 0 Å². The van der Waals surface area contributed by atoms with Crippen molar-refractivity contribution in [3.8, 4) is 11.5 Å². The summed E-state index contributed by atoms with van der Waals surface area (Å²) in [6, 6.07) is 16.1. The molecule has 4 N–H and O–H groups in total. The monoisotopic (exact) mass is 387 g/mol. The van der Waals surface area contributed by atoms with Crippen molar-refractivity contribution in [1.29, 1.82) is 0 Å². The number of carboxylic acids is 2. The Morgan fingerprint density at radius 3 is 1.96 bits per heavy atom. The average Bonchev–Trinajstić information content (AvgIpc) is 2.66. The Balaban J connectivity index is 0.000000416. The maximum atomic E-state index is 9.55. The zero-order valence-electron chi connectivity index (χ0n) is 16.1. The number of hydrogen-bond donors (Lipinski definition) is 3. The van der Waals surface area contributed by atoms with Crippen LogP contribution in [0, 0.1) is 0 Å². The van der Waals surface area contributed by atoms with E-state index in [1.54, 1.807) is 14.2 Å². The molecular weight excluding hydrogens is 362 g/mol. The van der Waals surface area contributed by atoms with Crippen LogP contribution in [0.2, 0.25) is 0 Å². The smallest absolute Gasteiger partial charge is 0.328 e. The minimum absolute atomic E-state index is 0.457. The van der Waals surface area contributed by atoms with Gasteiger partial charge in [0.15, 0.2) is 11.5 Å². The molecule has 0 heterocycles. The Labute approximate surface area is 164 Å². The highest BCUT2D eigenvalue weighted by Crippen LogP contribution is 2.32. The van der Waals surface area contributed by atoms with Gasteiger partial charge >= 0.3 is 11.9 Å². The summed E-state index contributed by atoms with van der Waals surface area (Å²) in [4.78, 5) is 19.1. The SMILES string of the molecule is COc1ccc(C(C)(N)Cc2ccccc2)cc1OC.O=C(O)/C=C/C(=O)O. The van der Waals surface area contributed by atoms with E-state index in [2.05, 4.69) is 12.1 Å². The summed E-state index contributed by atoms with van der Waals surface area (Å²) in [7, 11) is 3.26. The highest BCUT2D eigenvalue weighted by molar-refractivity contribution is 5.89. The van der Waals surface area contributed by atoms with Gasteiger partial charge in [-0.3, -0.25) is 0 Å². The standard InChI is InChI=1S/C17H21NO2.C4H4O4/c1-17(18,12-13-7-5-4-6-8-13)14-9-10-15(19-2)16(11-14)20-3;5-3(6)1-2-4(7)8/h4-11H,12,18H2,1-3H3;1-2H,(H,5,6)(H,7,8)/b;2-1+. The second-order valence-electron chi connectivity index (χ2n) is 6.16. The number of rotatable bonds is 7. The minimum Gasteiger partial charge on any atom is -0.493 e. The molecule has 7 heteroatoms. The van der Waals surface area contributed by atoms with Crippen LogP contribution in [-0.4, -0.2) is 36.4 Å². The van der Waals surface area contributed by atoms with Crippen molar-refractivity contribution in [3.63, 3.8) is 0 Å². The number of carbonyl (C=O) groups is 2. The molecule has 1 atom stereocenters. The Morgan fingerprint density at radius 2 is 1.50 bits per heavy atom. The predicted molar refractivity (Wildman–Crippen MR) is 106 cm³/mol. The van der Waals surface area contributed by atoms with Gasteiger partial charge in [-0.2, -0.15) is 0 Å². The van der Waals surface area contributed by atoms with Crippen LogP contribution in [0.5, 0.6) is 11.5 Å². The molecule has 0 radical (unpaired) electrons. The Kier molecular flexibility index (Phi) is 8.71. The van der Waals surface area contributed by atoms with Crippen LogP contribution in [0.1, 0.15) is 18.1 Å². The summed E-state index contributed by atoms with van der Waals surface area (Å²) in [6.07, 6.45) is 1.88. The molecule has 1 unspecified atom stereocenters. The van der Waals surface area contributed by atoms with Crippen molar-refractivity contribution in [2.75, 3.05) is 14.2 Å². The lowest BCUT2D eigenvalue weighted by molar-refractivity contribution is -0.134. The Morgan fingerprint density at radius 1 is 0.964 bits per heavy atom. The summed E-state index contributed by atoms with van der Waals surface area (Å²) < 4.78 is 10.6. The van der Waals surface area contributed by atoms with Crippen LogP contribution >= 0.6 is 0 Å². The summed E-state index contributed by atoms with van der Waals surface area (Å²) in [5.74, 6) is -1.10. The highest BCUT2D eigenvalue weighted by Gasteiger charge is 2.23. The first-order valence-electron chi connectivity index (χ1n) is 8.39. The van der Waals surface area contributed by atoms with Crippen LogP contribution in [-0.2, 0) is 21.5 Å². The molecule has 0 spiro atoms.